The zero-order chi connectivity index (χ0) is 36.8. The van der Waals surface area contributed by atoms with Gasteiger partial charge in [-0.1, -0.05) is 19.7 Å². The minimum absolute atomic E-state index is 0.0769. The molecule has 0 aromatic rings. The van der Waals surface area contributed by atoms with Crippen LogP contribution in [0, 0.1) is 0 Å². The van der Waals surface area contributed by atoms with Crippen molar-refractivity contribution in [1.82, 2.24) is 10.6 Å². The van der Waals surface area contributed by atoms with Crippen LogP contribution in [0.4, 0.5) is 0 Å². The molecule has 6 N–H and O–H groups in total. The third-order valence-electron chi connectivity index (χ3n) is 6.66. The Balaban J connectivity index is -0.000000739. The Morgan fingerprint density at radius 2 is 0.804 bits per heavy atom. The maximum atomic E-state index is 11.5. The van der Waals surface area contributed by atoms with E-state index < -0.39 is 38.5 Å². The highest BCUT2D eigenvalue weighted by molar-refractivity contribution is 6.85. The first-order chi connectivity index (χ1) is 20.8. The number of carbonyl (C=O) groups excluding carboxylic acids is 3. The van der Waals surface area contributed by atoms with Crippen molar-refractivity contribution in [3.8, 4) is 0 Å². The van der Waals surface area contributed by atoms with Crippen LogP contribution in [0.1, 0.15) is 46.5 Å². The molecule has 9 nitrogen and oxygen atoms in total. The number of hydrogen-bond acceptors (Lipinski definition) is 7. The molecule has 0 radical (unpaired) electrons. The van der Waals surface area contributed by atoms with Gasteiger partial charge in [0.25, 0.3) is 0 Å². The summed E-state index contributed by atoms with van der Waals surface area (Å²) < 4.78 is 12.9. The van der Waals surface area contributed by atoms with E-state index in [0.29, 0.717) is 29.8 Å². The number of allylic oxidation sites excluding steroid dienone is 1. The maximum Gasteiger partial charge on any atom is 0.247 e. The molecule has 0 saturated carbocycles. The van der Waals surface area contributed by atoms with Gasteiger partial charge in [-0.3, -0.25) is 14.4 Å². The van der Waals surface area contributed by atoms with Crippen LogP contribution in [0.25, 0.3) is 0 Å². The zero-order valence-corrected chi connectivity index (χ0v) is 35.9. The number of rotatable bonds is 21. The van der Waals surface area contributed by atoms with Crippen LogP contribution in [0.3, 0.4) is 0 Å². The summed E-state index contributed by atoms with van der Waals surface area (Å²) in [5, 5.41) is 5.28. The number of hydrogen-bond donors (Lipinski definition) is 4. The molecule has 0 heterocycles. The third kappa shape index (κ3) is 31.4. The summed E-state index contributed by atoms with van der Waals surface area (Å²) in [4.78, 5) is 32.8. The highest BCUT2D eigenvalue weighted by Crippen LogP contribution is 2.24. The molecular weight excluding hydrogens is 668 g/mol. The van der Waals surface area contributed by atoms with Gasteiger partial charge >= 0.3 is 0 Å². The van der Waals surface area contributed by atoms with E-state index in [9.17, 15) is 14.4 Å². The van der Waals surface area contributed by atoms with Crippen molar-refractivity contribution < 1.29 is 22.6 Å². The second-order valence-corrected chi connectivity index (χ2v) is 32.4. The first kappa shape index (κ1) is 49.2. The average molecular weight is 738 g/mol. The number of nitrogens with two attached hydrogens (primary N) is 2. The van der Waals surface area contributed by atoms with Crippen molar-refractivity contribution >= 4 is 61.9 Å². The highest BCUT2D eigenvalue weighted by atomic mass is 35.5. The smallest absolute Gasteiger partial charge is 0.247 e. The molecule has 0 aromatic carbocycles. The van der Waals surface area contributed by atoms with E-state index in [1.54, 1.807) is 20.8 Å². The van der Waals surface area contributed by atoms with E-state index in [2.05, 4.69) is 82.7 Å². The largest absolute Gasteiger partial charge is 0.455 e. The first-order valence-corrected chi connectivity index (χ1v) is 29.2. The summed E-state index contributed by atoms with van der Waals surface area (Å²) in [6, 6.07) is 4.41. The lowest BCUT2D eigenvalue weighted by Gasteiger charge is -2.34. The lowest BCUT2D eigenvalue weighted by Crippen LogP contribution is -2.45. The van der Waals surface area contributed by atoms with Gasteiger partial charge in [0.1, 0.15) is 0 Å². The van der Waals surface area contributed by atoms with Crippen LogP contribution in [0.2, 0.25) is 76.6 Å². The zero-order valence-electron chi connectivity index (χ0n) is 31.2. The monoisotopic (exact) mass is 736 g/mol. The van der Waals surface area contributed by atoms with Crippen LogP contribution < -0.4 is 22.1 Å². The number of nitrogens with one attached hydrogen (secondary N) is 2. The minimum Gasteiger partial charge on any atom is -0.455 e. The van der Waals surface area contributed by atoms with Crippen molar-refractivity contribution in [3.63, 3.8) is 0 Å². The maximum absolute atomic E-state index is 11.5. The van der Waals surface area contributed by atoms with Gasteiger partial charge in [0.2, 0.25) is 17.1 Å². The van der Waals surface area contributed by atoms with Gasteiger partial charge in [-0.05, 0) is 148 Å². The summed E-state index contributed by atoms with van der Waals surface area (Å²) in [6.07, 6.45) is 4.05. The van der Waals surface area contributed by atoms with Crippen LogP contribution in [0.15, 0.2) is 36.5 Å². The van der Waals surface area contributed by atoms with E-state index >= 15 is 0 Å². The second kappa shape index (κ2) is 24.9. The molecule has 14 heteroatoms. The van der Waals surface area contributed by atoms with E-state index in [0.717, 1.165) is 50.9 Å². The summed E-state index contributed by atoms with van der Waals surface area (Å²) in [7, 11) is -6.44. The fourth-order valence-electron chi connectivity index (χ4n) is 4.49. The lowest BCUT2D eigenvalue weighted by molar-refractivity contribution is -0.118. The van der Waals surface area contributed by atoms with Gasteiger partial charge in [0, 0.05) is 29.8 Å². The number of amides is 2. The lowest BCUT2D eigenvalue weighted by atomic mass is 10.3. The second-order valence-electron chi connectivity index (χ2n) is 14.4. The van der Waals surface area contributed by atoms with Crippen molar-refractivity contribution in [1.29, 1.82) is 0 Å². The van der Waals surface area contributed by atoms with E-state index in [-0.39, 0.29) is 11.8 Å². The van der Waals surface area contributed by atoms with Crippen molar-refractivity contribution in [2.45, 2.75) is 123 Å². The Kier molecular flexibility index (Phi) is 26.6. The molecule has 0 atom stereocenters. The predicted octanol–water partition coefficient (Wildman–Crippen LogP) is 7.02. The summed E-state index contributed by atoms with van der Waals surface area (Å²) in [5.74, 6) is -0.154. The number of halogens is 1. The molecule has 0 bridgehead atoms. The number of carbonyl (C=O) groups is 3. The van der Waals surface area contributed by atoms with Gasteiger partial charge in [-0.25, -0.2) is 0 Å². The van der Waals surface area contributed by atoms with Gasteiger partial charge < -0.3 is 30.3 Å². The Morgan fingerprint density at radius 3 is 1.00 bits per heavy atom. The first-order valence-electron chi connectivity index (χ1n) is 16.4. The van der Waals surface area contributed by atoms with Crippen LogP contribution >= 0.6 is 11.6 Å². The van der Waals surface area contributed by atoms with Crippen molar-refractivity contribution in [2.75, 3.05) is 26.2 Å². The van der Waals surface area contributed by atoms with Crippen LogP contribution in [-0.4, -0.2) is 76.5 Å². The van der Waals surface area contributed by atoms with Gasteiger partial charge in [-0.2, -0.15) is 0 Å². The standard InChI is InChI=1S/C18H36N2O3Si2.C10H28N2OSi2.C4H5ClO/c1-15(2)17(21)19-11-9-13-24(5,6)23-25(7,8)14-10-12-20-18(22)16(3)4;1-14(2,9-5-7-11)13-15(3,4)10-6-8-12;1-3(2)4(5)6/h1,3,9-14H2,2,4-8H3,(H,19,21)(H,20,22);5-12H2,1-4H3;1H2,2H3. The molecular formula is C32H69ClN4O5Si4. The van der Waals surface area contributed by atoms with Gasteiger partial charge in [0.15, 0.2) is 33.3 Å². The molecule has 0 aliphatic heterocycles. The van der Waals surface area contributed by atoms with E-state index in [1.165, 1.54) is 12.1 Å². The molecule has 0 rings (SSSR count). The van der Waals surface area contributed by atoms with Crippen LogP contribution in [-0.2, 0) is 22.6 Å². The fourth-order valence-corrected chi connectivity index (χ4v) is 22.3. The Labute approximate surface area is 291 Å². The Morgan fingerprint density at radius 1 is 0.565 bits per heavy atom. The molecule has 0 saturated heterocycles. The molecule has 46 heavy (non-hydrogen) atoms. The fraction of sp³-hybridized carbons (Fsp3) is 0.719. The van der Waals surface area contributed by atoms with Gasteiger partial charge in [-0.15, -0.1) is 0 Å². The molecule has 0 fully saturated rings. The van der Waals surface area contributed by atoms with E-state index in [4.69, 9.17) is 31.3 Å². The molecule has 2 amide bonds. The normalized spacial score (nSPS) is 11.7. The molecule has 0 aliphatic rings. The summed E-state index contributed by atoms with van der Waals surface area (Å²) in [6.45, 7) is 36.6. The molecule has 0 aromatic heterocycles. The van der Waals surface area contributed by atoms with Crippen molar-refractivity contribution in [2.24, 2.45) is 11.5 Å². The minimum atomic E-state index is -1.75. The molecule has 0 aliphatic carbocycles. The van der Waals surface area contributed by atoms with Crippen molar-refractivity contribution in [3.05, 3.63) is 36.5 Å². The molecule has 0 unspecified atom stereocenters. The van der Waals surface area contributed by atoms with E-state index in [1.807, 2.05) is 0 Å². The molecule has 0 spiro atoms. The van der Waals surface area contributed by atoms with Gasteiger partial charge in [0.05, 0.1) is 0 Å². The third-order valence-corrected chi connectivity index (χ3v) is 22.1. The highest BCUT2D eigenvalue weighted by Gasteiger charge is 2.33. The summed E-state index contributed by atoms with van der Waals surface area (Å²) in [5.41, 5.74) is 12.6. The summed E-state index contributed by atoms with van der Waals surface area (Å²) >= 11 is 4.87. The molecule has 270 valence electrons. The van der Waals surface area contributed by atoms with Crippen LogP contribution in [0.5, 0.6) is 0 Å². The topological polar surface area (TPSA) is 146 Å². The average Bonchev–Trinajstić information content (AvgIpc) is 2.90. The Bertz CT molecular complexity index is 902. The SMILES string of the molecule is C=C(C)C(=O)Cl.C=C(C)C(=O)NCCC[Si](C)(C)O[Si](C)(C)CCCNC(=O)C(=C)C.C[Si](C)(CCCN)O[Si](C)(C)CCCN. The predicted molar refractivity (Wildman–Crippen MR) is 209 cm³/mol. The Hall–Kier alpha value is -1.17. The quantitative estimate of drug-likeness (QED) is 0.0429.